The highest BCUT2D eigenvalue weighted by Crippen LogP contribution is 2.38. The van der Waals surface area contributed by atoms with Gasteiger partial charge in [0, 0.05) is 18.7 Å². The van der Waals surface area contributed by atoms with Crippen molar-refractivity contribution < 1.29 is 20.4 Å². The van der Waals surface area contributed by atoms with E-state index in [1.807, 2.05) is 50.2 Å². The molecule has 1 fully saturated rings. The summed E-state index contributed by atoms with van der Waals surface area (Å²) in [6.45, 7) is 3.44. The zero-order chi connectivity index (χ0) is 26.8. The van der Waals surface area contributed by atoms with Crippen LogP contribution < -0.4 is 10.6 Å². The molecule has 0 bridgehead atoms. The molecule has 38 heavy (non-hydrogen) atoms. The second-order valence-electron chi connectivity index (χ2n) is 9.74. The van der Waals surface area contributed by atoms with Gasteiger partial charge in [0.15, 0.2) is 0 Å². The van der Waals surface area contributed by atoms with Gasteiger partial charge in [-0.25, -0.2) is 9.97 Å². The van der Waals surface area contributed by atoms with Crippen LogP contribution in [0.25, 0.3) is 20.8 Å². The first-order chi connectivity index (χ1) is 18.4. The van der Waals surface area contributed by atoms with E-state index in [1.165, 1.54) is 11.3 Å². The van der Waals surface area contributed by atoms with E-state index in [2.05, 4.69) is 15.6 Å². The highest BCUT2D eigenvalue weighted by atomic mass is 32.1. The van der Waals surface area contributed by atoms with Crippen LogP contribution in [0.1, 0.15) is 23.4 Å². The third kappa shape index (κ3) is 5.33. The lowest BCUT2D eigenvalue weighted by molar-refractivity contribution is 0.00446. The molecule has 11 heteroatoms. The Morgan fingerprint density at radius 2 is 1.79 bits per heavy atom. The van der Waals surface area contributed by atoms with E-state index < -0.39 is 24.2 Å². The maximum Gasteiger partial charge on any atom is 0.225 e. The van der Waals surface area contributed by atoms with Gasteiger partial charge in [-0.15, -0.1) is 11.3 Å². The van der Waals surface area contributed by atoms with Crippen LogP contribution in [0.4, 0.5) is 11.8 Å². The van der Waals surface area contributed by atoms with Crippen molar-refractivity contribution in [2.75, 3.05) is 23.8 Å². The number of aromatic nitrogens is 4. The van der Waals surface area contributed by atoms with Crippen LogP contribution in [0.15, 0.2) is 42.6 Å². The number of hydrogen-bond donors (Lipinski definition) is 6. The summed E-state index contributed by atoms with van der Waals surface area (Å²) in [7, 11) is 0. The Hall–Kier alpha value is -3.22. The summed E-state index contributed by atoms with van der Waals surface area (Å²) in [5.41, 5.74) is 4.05. The molecule has 5 rings (SSSR count). The first kappa shape index (κ1) is 26.4. The molecule has 6 N–H and O–H groups in total. The highest BCUT2D eigenvalue weighted by molar-refractivity contribution is 7.21. The molecule has 1 aliphatic rings. The SMILES string of the molecule is Cc1nc(NC(CO)Cc2ccccc2)nc(N[C@@H]2C[C@H](CO)[C@@H](O)[C@H]2O)c1-c1nc2c(C)nccc2s1. The molecule has 200 valence electrons. The average molecular weight is 537 g/mol. The number of hydrogen-bond acceptors (Lipinski definition) is 11. The molecule has 0 aliphatic heterocycles. The molecule has 4 aromatic rings. The molecule has 0 saturated heterocycles. The average Bonchev–Trinajstić information content (AvgIpc) is 3.46. The van der Waals surface area contributed by atoms with Crippen LogP contribution in [0.5, 0.6) is 0 Å². The summed E-state index contributed by atoms with van der Waals surface area (Å²) in [5, 5.41) is 48.0. The minimum atomic E-state index is -1.07. The van der Waals surface area contributed by atoms with Crippen LogP contribution in [-0.4, -0.2) is 77.9 Å². The first-order valence-corrected chi connectivity index (χ1v) is 13.5. The lowest BCUT2D eigenvalue weighted by Crippen LogP contribution is -2.36. The van der Waals surface area contributed by atoms with Gasteiger partial charge in [0.2, 0.25) is 5.95 Å². The number of thiazole rings is 1. The van der Waals surface area contributed by atoms with Crippen LogP contribution in [0, 0.1) is 19.8 Å². The van der Waals surface area contributed by atoms with Gasteiger partial charge >= 0.3 is 0 Å². The van der Waals surface area contributed by atoms with E-state index in [-0.39, 0.29) is 19.3 Å². The number of nitrogens with one attached hydrogen (secondary N) is 2. The summed E-state index contributed by atoms with van der Waals surface area (Å²) in [6, 6.07) is 10.9. The van der Waals surface area contributed by atoms with Crippen molar-refractivity contribution in [3.05, 3.63) is 59.5 Å². The number of anilines is 2. The Kier molecular flexibility index (Phi) is 7.82. The molecule has 5 atom stereocenters. The predicted molar refractivity (Wildman–Crippen MR) is 147 cm³/mol. The first-order valence-electron chi connectivity index (χ1n) is 12.6. The maximum atomic E-state index is 10.7. The topological polar surface area (TPSA) is 157 Å². The summed E-state index contributed by atoms with van der Waals surface area (Å²) in [4.78, 5) is 18.6. The normalized spacial score (nSPS) is 22.1. The van der Waals surface area contributed by atoms with Gasteiger partial charge in [-0.3, -0.25) is 4.98 Å². The number of aryl methyl sites for hydroxylation is 2. The van der Waals surface area contributed by atoms with Gasteiger partial charge in [0.05, 0.1) is 46.4 Å². The third-order valence-electron chi connectivity index (χ3n) is 7.03. The van der Waals surface area contributed by atoms with Crippen molar-refractivity contribution in [3.8, 4) is 10.6 Å². The smallest absolute Gasteiger partial charge is 0.225 e. The molecule has 1 aliphatic carbocycles. The third-order valence-corrected chi connectivity index (χ3v) is 8.07. The lowest BCUT2D eigenvalue weighted by Gasteiger charge is -2.22. The highest BCUT2D eigenvalue weighted by Gasteiger charge is 2.41. The Morgan fingerprint density at radius 1 is 1.00 bits per heavy atom. The van der Waals surface area contributed by atoms with Gasteiger partial charge in [0.1, 0.15) is 22.4 Å². The summed E-state index contributed by atoms with van der Waals surface area (Å²) in [5.74, 6) is 0.345. The molecule has 1 saturated carbocycles. The number of rotatable bonds is 9. The maximum absolute atomic E-state index is 10.7. The summed E-state index contributed by atoms with van der Waals surface area (Å²) in [6.07, 6.45) is 0.599. The lowest BCUT2D eigenvalue weighted by atomic mass is 10.1. The van der Waals surface area contributed by atoms with Gasteiger partial charge in [0.25, 0.3) is 0 Å². The van der Waals surface area contributed by atoms with E-state index in [9.17, 15) is 20.4 Å². The molecule has 1 unspecified atom stereocenters. The van der Waals surface area contributed by atoms with Gasteiger partial charge in [-0.05, 0) is 38.3 Å². The van der Waals surface area contributed by atoms with E-state index in [0.717, 1.165) is 21.5 Å². The zero-order valence-electron chi connectivity index (χ0n) is 21.2. The Balaban J connectivity index is 1.52. The molecule has 0 spiro atoms. The quantitative estimate of drug-likeness (QED) is 0.188. The fraction of sp³-hybridized carbons (Fsp3) is 0.407. The molecular formula is C27H32N6O4S. The van der Waals surface area contributed by atoms with E-state index in [1.54, 1.807) is 6.20 Å². The van der Waals surface area contributed by atoms with E-state index in [4.69, 9.17) is 15.0 Å². The monoisotopic (exact) mass is 536 g/mol. The number of pyridine rings is 1. The van der Waals surface area contributed by atoms with Crippen LogP contribution in [0.3, 0.4) is 0 Å². The number of benzene rings is 1. The Bertz CT molecular complexity index is 1400. The molecule has 3 aromatic heterocycles. The van der Waals surface area contributed by atoms with Crippen LogP contribution in [0.2, 0.25) is 0 Å². The standard InChI is InChI=1S/C27H32N6O4S/c1-14-21(26-32-22-15(2)28-9-8-20(22)38-26)25(31-19-11-17(12-34)23(36)24(19)37)33-27(29-14)30-18(13-35)10-16-6-4-3-5-7-16/h3-9,17-19,23-24,34-37H,10-13H2,1-2H3,(H2,29,30,31,33)/t17-,18?,19-,23-,24+/m1/s1. The summed E-state index contributed by atoms with van der Waals surface area (Å²) < 4.78 is 0.986. The van der Waals surface area contributed by atoms with Crippen molar-refractivity contribution in [2.24, 2.45) is 5.92 Å². The Labute approximate surface area is 224 Å². The van der Waals surface area contributed by atoms with Crippen LogP contribution >= 0.6 is 11.3 Å². The van der Waals surface area contributed by atoms with Crippen LogP contribution in [-0.2, 0) is 6.42 Å². The van der Waals surface area contributed by atoms with Gasteiger partial charge in [-0.2, -0.15) is 4.98 Å². The zero-order valence-corrected chi connectivity index (χ0v) is 22.1. The van der Waals surface area contributed by atoms with E-state index >= 15 is 0 Å². The number of aliphatic hydroxyl groups excluding tert-OH is 4. The second-order valence-corrected chi connectivity index (χ2v) is 10.8. The van der Waals surface area contributed by atoms with Crippen molar-refractivity contribution >= 4 is 33.3 Å². The van der Waals surface area contributed by atoms with Gasteiger partial charge < -0.3 is 31.1 Å². The molecule has 0 amide bonds. The molecule has 3 heterocycles. The molecule has 10 nitrogen and oxygen atoms in total. The van der Waals surface area contributed by atoms with Gasteiger partial charge in [-0.1, -0.05) is 30.3 Å². The van der Waals surface area contributed by atoms with Crippen molar-refractivity contribution in [1.29, 1.82) is 0 Å². The predicted octanol–water partition coefficient (Wildman–Crippen LogP) is 2.30. The fourth-order valence-corrected chi connectivity index (χ4v) is 6.06. The summed E-state index contributed by atoms with van der Waals surface area (Å²) >= 11 is 1.50. The minimum Gasteiger partial charge on any atom is -0.396 e. The largest absolute Gasteiger partial charge is 0.396 e. The Morgan fingerprint density at radius 3 is 2.47 bits per heavy atom. The molecule has 0 radical (unpaired) electrons. The van der Waals surface area contributed by atoms with Crippen molar-refractivity contribution in [1.82, 2.24) is 19.9 Å². The number of fused-ring (bicyclic) bond motifs is 1. The fourth-order valence-electron chi connectivity index (χ4n) is 4.95. The number of aliphatic hydroxyl groups is 4. The van der Waals surface area contributed by atoms with Crippen molar-refractivity contribution in [3.63, 3.8) is 0 Å². The second kappa shape index (κ2) is 11.3. The number of nitrogens with zero attached hydrogens (tertiary/aromatic N) is 4. The minimum absolute atomic E-state index is 0.113. The van der Waals surface area contributed by atoms with Crippen molar-refractivity contribution in [2.45, 2.75) is 51.0 Å². The molecule has 1 aromatic carbocycles. The van der Waals surface area contributed by atoms with E-state index in [0.29, 0.717) is 40.9 Å². The molecular weight excluding hydrogens is 504 g/mol.